The number of aryl methyl sites for hydroxylation is 1. The highest BCUT2D eigenvalue weighted by Gasteiger charge is 2.49. The summed E-state index contributed by atoms with van der Waals surface area (Å²) in [5, 5.41) is 5.42. The van der Waals surface area contributed by atoms with Crippen molar-refractivity contribution in [2.75, 3.05) is 13.2 Å². The van der Waals surface area contributed by atoms with Gasteiger partial charge < -0.3 is 14.8 Å². The molecule has 7 heteroatoms. The maximum absolute atomic E-state index is 14.3. The van der Waals surface area contributed by atoms with Crippen LogP contribution in [0.2, 0.25) is 0 Å². The van der Waals surface area contributed by atoms with Crippen LogP contribution in [0.5, 0.6) is 0 Å². The largest absolute Gasteiger partial charge is 0.465 e. The van der Waals surface area contributed by atoms with Crippen LogP contribution in [0.1, 0.15) is 67.9 Å². The van der Waals surface area contributed by atoms with Crippen molar-refractivity contribution < 1.29 is 23.9 Å². The van der Waals surface area contributed by atoms with Crippen molar-refractivity contribution in [1.29, 1.82) is 0 Å². The summed E-state index contributed by atoms with van der Waals surface area (Å²) < 4.78 is 10.9. The maximum Gasteiger partial charge on any atom is 0.336 e. The molecular weight excluding hydrogens is 474 g/mol. The number of dihydropyridines is 1. The zero-order valence-electron chi connectivity index (χ0n) is 21.3. The molecule has 0 saturated carbocycles. The molecule has 1 aliphatic carbocycles. The van der Waals surface area contributed by atoms with Gasteiger partial charge >= 0.3 is 11.9 Å². The highest BCUT2D eigenvalue weighted by atomic mass is 32.1. The lowest BCUT2D eigenvalue weighted by molar-refractivity contribution is -0.152. The Labute approximate surface area is 216 Å². The van der Waals surface area contributed by atoms with Gasteiger partial charge in [-0.1, -0.05) is 49.2 Å². The second-order valence-corrected chi connectivity index (χ2v) is 10.1. The van der Waals surface area contributed by atoms with Gasteiger partial charge in [0.15, 0.2) is 5.78 Å². The van der Waals surface area contributed by atoms with Gasteiger partial charge in [-0.2, -0.15) is 0 Å². The van der Waals surface area contributed by atoms with Crippen molar-refractivity contribution in [3.63, 3.8) is 0 Å². The quantitative estimate of drug-likeness (QED) is 0.373. The van der Waals surface area contributed by atoms with Crippen LogP contribution in [0.4, 0.5) is 0 Å². The lowest BCUT2D eigenvalue weighted by Crippen LogP contribution is -2.43. The summed E-state index contributed by atoms with van der Waals surface area (Å²) in [6.45, 7) is 7.99. The van der Waals surface area contributed by atoms with Crippen molar-refractivity contribution in [1.82, 2.24) is 5.32 Å². The van der Waals surface area contributed by atoms with Crippen LogP contribution in [0, 0.1) is 12.8 Å². The number of thiophene rings is 1. The van der Waals surface area contributed by atoms with Gasteiger partial charge in [0.1, 0.15) is 5.92 Å². The summed E-state index contributed by atoms with van der Waals surface area (Å²) in [4.78, 5) is 41.7. The monoisotopic (exact) mass is 507 g/mol. The molecule has 6 nitrogen and oxygen atoms in total. The summed E-state index contributed by atoms with van der Waals surface area (Å²) >= 11 is 1.54. The predicted octanol–water partition coefficient (Wildman–Crippen LogP) is 5.55. The Morgan fingerprint density at radius 3 is 2.39 bits per heavy atom. The van der Waals surface area contributed by atoms with E-state index in [0.29, 0.717) is 24.0 Å². The Hall–Kier alpha value is -3.19. The molecule has 0 unspecified atom stereocenters. The van der Waals surface area contributed by atoms with Gasteiger partial charge in [0, 0.05) is 33.7 Å². The van der Waals surface area contributed by atoms with E-state index in [0.717, 1.165) is 33.8 Å². The molecule has 0 spiro atoms. The number of hydrogen-bond acceptors (Lipinski definition) is 7. The van der Waals surface area contributed by atoms with Gasteiger partial charge in [-0.25, -0.2) is 4.79 Å². The molecular formula is C29H33NO5S. The van der Waals surface area contributed by atoms with E-state index in [9.17, 15) is 14.4 Å². The smallest absolute Gasteiger partial charge is 0.336 e. The molecule has 0 amide bonds. The minimum absolute atomic E-state index is 0.194. The lowest BCUT2D eigenvalue weighted by Gasteiger charge is -2.39. The molecule has 3 atom stereocenters. The minimum Gasteiger partial charge on any atom is -0.465 e. The molecule has 0 saturated heterocycles. The number of rotatable bonds is 8. The van der Waals surface area contributed by atoms with E-state index in [1.54, 1.807) is 13.8 Å². The SMILES string of the molecule is CCCC1=C(C(=O)OCC)[C@H](c2ccc(C)cc2)C2=C(C[C@@H](c3cccs3)[C@@H](C(=O)OCC)C2=O)N1. The third kappa shape index (κ3) is 4.89. The maximum atomic E-state index is 14.3. The summed E-state index contributed by atoms with van der Waals surface area (Å²) in [7, 11) is 0. The molecule has 190 valence electrons. The Kier molecular flexibility index (Phi) is 8.09. The van der Waals surface area contributed by atoms with Crippen molar-refractivity contribution in [3.05, 3.63) is 80.3 Å². The van der Waals surface area contributed by atoms with Gasteiger partial charge in [0.25, 0.3) is 0 Å². The Morgan fingerprint density at radius 2 is 1.78 bits per heavy atom. The first-order chi connectivity index (χ1) is 17.4. The molecule has 1 N–H and O–H groups in total. The van der Waals surface area contributed by atoms with Gasteiger partial charge in [0.05, 0.1) is 18.8 Å². The van der Waals surface area contributed by atoms with Gasteiger partial charge in [-0.3, -0.25) is 9.59 Å². The second-order valence-electron chi connectivity index (χ2n) is 9.14. The Bertz CT molecular complexity index is 1190. The van der Waals surface area contributed by atoms with E-state index >= 15 is 0 Å². The zero-order chi connectivity index (χ0) is 25.8. The number of esters is 2. The van der Waals surface area contributed by atoms with Crippen LogP contribution in [0.3, 0.4) is 0 Å². The first-order valence-corrected chi connectivity index (χ1v) is 13.5. The lowest BCUT2D eigenvalue weighted by atomic mass is 9.68. The summed E-state index contributed by atoms with van der Waals surface area (Å²) in [5.41, 5.74) is 4.39. The molecule has 1 aromatic carbocycles. The summed E-state index contributed by atoms with van der Waals surface area (Å²) in [5.74, 6) is -3.15. The average molecular weight is 508 g/mol. The molecule has 0 fully saturated rings. The fraction of sp³-hybridized carbons (Fsp3) is 0.414. The van der Waals surface area contributed by atoms with Crippen LogP contribution < -0.4 is 5.32 Å². The van der Waals surface area contributed by atoms with Crippen molar-refractivity contribution in [2.24, 2.45) is 5.92 Å². The van der Waals surface area contributed by atoms with Gasteiger partial charge in [-0.05, 0) is 50.6 Å². The van der Waals surface area contributed by atoms with Crippen LogP contribution in [-0.2, 0) is 23.9 Å². The number of carbonyl (C=O) groups excluding carboxylic acids is 3. The molecule has 36 heavy (non-hydrogen) atoms. The summed E-state index contributed by atoms with van der Waals surface area (Å²) in [6.07, 6.45) is 1.95. The molecule has 1 aromatic heterocycles. The van der Waals surface area contributed by atoms with Crippen LogP contribution in [0.25, 0.3) is 0 Å². The number of carbonyl (C=O) groups is 3. The molecule has 0 bridgehead atoms. The Morgan fingerprint density at radius 1 is 1.06 bits per heavy atom. The molecule has 0 radical (unpaired) electrons. The highest BCUT2D eigenvalue weighted by molar-refractivity contribution is 7.10. The molecule has 2 heterocycles. The molecule has 1 aliphatic heterocycles. The normalized spacial score (nSPS) is 21.7. The predicted molar refractivity (Wildman–Crippen MR) is 139 cm³/mol. The molecule has 2 aliphatic rings. The fourth-order valence-electron chi connectivity index (χ4n) is 5.21. The molecule has 2 aromatic rings. The van der Waals surface area contributed by atoms with E-state index in [1.807, 2.05) is 48.7 Å². The van der Waals surface area contributed by atoms with E-state index < -0.39 is 23.8 Å². The van der Waals surface area contributed by atoms with Crippen molar-refractivity contribution >= 4 is 29.1 Å². The standard InChI is InChI=1S/C29H33NO5S/c1-5-9-20-26(29(33)35-7-3)23(18-13-11-17(4)12-14-18)25-21(30-20)16-19(22-10-8-15-36-22)24(27(25)31)28(32)34-6-2/h8,10-15,19,23-24,30H,5-7,9,16H2,1-4H3/t19-,23+,24+/m0/s1. The minimum atomic E-state index is -0.965. The van der Waals surface area contributed by atoms with Crippen LogP contribution in [0.15, 0.2) is 64.3 Å². The van der Waals surface area contributed by atoms with Crippen molar-refractivity contribution in [2.45, 2.75) is 58.8 Å². The highest BCUT2D eigenvalue weighted by Crippen LogP contribution is 2.49. The van der Waals surface area contributed by atoms with Gasteiger partial charge in [0.2, 0.25) is 0 Å². The fourth-order valence-corrected chi connectivity index (χ4v) is 6.07. The first kappa shape index (κ1) is 25.9. The third-order valence-corrected chi connectivity index (χ3v) is 7.76. The number of benzene rings is 1. The number of ketones is 1. The summed E-state index contributed by atoms with van der Waals surface area (Å²) in [6, 6.07) is 11.8. The van der Waals surface area contributed by atoms with Crippen LogP contribution in [-0.4, -0.2) is 30.9 Å². The van der Waals surface area contributed by atoms with E-state index in [1.165, 1.54) is 11.3 Å². The second kappa shape index (κ2) is 11.2. The van der Waals surface area contributed by atoms with E-state index in [-0.39, 0.29) is 24.9 Å². The van der Waals surface area contributed by atoms with Gasteiger partial charge in [-0.15, -0.1) is 11.3 Å². The van der Waals surface area contributed by atoms with Crippen molar-refractivity contribution in [3.8, 4) is 0 Å². The Balaban J connectivity index is 1.91. The number of hydrogen-bond donors (Lipinski definition) is 1. The first-order valence-electron chi connectivity index (χ1n) is 12.6. The topological polar surface area (TPSA) is 81.7 Å². The van der Waals surface area contributed by atoms with Crippen LogP contribution >= 0.6 is 11.3 Å². The number of Topliss-reactive ketones (excluding diaryl/α,β-unsaturated/α-hetero) is 1. The zero-order valence-corrected chi connectivity index (χ0v) is 22.1. The number of nitrogens with one attached hydrogen (secondary N) is 1. The molecule has 4 rings (SSSR count). The van der Waals surface area contributed by atoms with E-state index in [2.05, 4.69) is 12.2 Å². The average Bonchev–Trinajstić information content (AvgIpc) is 3.39. The number of allylic oxidation sites excluding steroid dienone is 3. The van der Waals surface area contributed by atoms with E-state index in [4.69, 9.17) is 9.47 Å². The number of ether oxygens (including phenoxy) is 2. The third-order valence-electron chi connectivity index (χ3n) is 6.76.